The summed E-state index contributed by atoms with van der Waals surface area (Å²) < 4.78 is 0. The van der Waals surface area contributed by atoms with Gasteiger partial charge in [0.2, 0.25) is 0 Å². The highest BCUT2D eigenvalue weighted by Gasteiger charge is 2.36. The summed E-state index contributed by atoms with van der Waals surface area (Å²) in [5.41, 5.74) is 0.183. The number of rotatable bonds is 2. The molecule has 16 heavy (non-hydrogen) atoms. The summed E-state index contributed by atoms with van der Waals surface area (Å²) in [6.45, 7) is 4.91. The first-order valence-corrected chi connectivity index (χ1v) is 4.92. The van der Waals surface area contributed by atoms with E-state index >= 15 is 0 Å². The SMILES string of the molecule is CC=C1C(=O)N(CC)C(=O)C(C(=O)O)=C1C. The number of carbonyl (C=O) groups is 3. The molecule has 5 nitrogen and oxygen atoms in total. The molecule has 0 bridgehead atoms. The van der Waals surface area contributed by atoms with Crippen LogP contribution >= 0.6 is 0 Å². The molecular formula is C11H13NO4. The number of hydrogen-bond acceptors (Lipinski definition) is 3. The first kappa shape index (κ1) is 12.2. The maximum absolute atomic E-state index is 11.8. The maximum atomic E-state index is 11.8. The van der Waals surface area contributed by atoms with Crippen LogP contribution in [0.4, 0.5) is 0 Å². The van der Waals surface area contributed by atoms with Crippen LogP contribution in [0.5, 0.6) is 0 Å². The Balaban J connectivity index is 3.45. The van der Waals surface area contributed by atoms with Crippen LogP contribution in [0.1, 0.15) is 20.8 Å². The van der Waals surface area contributed by atoms with Crippen LogP contribution in [-0.4, -0.2) is 34.3 Å². The normalized spacial score (nSPS) is 19.7. The van der Waals surface area contributed by atoms with Gasteiger partial charge in [-0.3, -0.25) is 14.5 Å². The number of carboxylic acids is 1. The van der Waals surface area contributed by atoms with Crippen molar-refractivity contribution >= 4 is 17.8 Å². The predicted molar refractivity (Wildman–Crippen MR) is 56.5 cm³/mol. The molecule has 1 heterocycles. The number of aliphatic carboxylic acids is 1. The third kappa shape index (κ3) is 1.64. The molecule has 1 aliphatic rings. The monoisotopic (exact) mass is 223 g/mol. The van der Waals surface area contributed by atoms with Crippen LogP contribution < -0.4 is 0 Å². The molecule has 0 atom stereocenters. The Morgan fingerprint density at radius 2 is 1.94 bits per heavy atom. The average molecular weight is 223 g/mol. The smallest absolute Gasteiger partial charge is 0.341 e. The Morgan fingerprint density at radius 3 is 2.31 bits per heavy atom. The zero-order chi connectivity index (χ0) is 12.5. The molecule has 1 N–H and O–H groups in total. The molecule has 0 aromatic carbocycles. The maximum Gasteiger partial charge on any atom is 0.341 e. The van der Waals surface area contributed by atoms with Gasteiger partial charge < -0.3 is 5.11 Å². The molecule has 2 amide bonds. The minimum absolute atomic E-state index is 0.166. The number of likely N-dealkylation sites (N-methyl/N-ethyl adjacent to an activating group) is 1. The highest BCUT2D eigenvalue weighted by atomic mass is 16.4. The highest BCUT2D eigenvalue weighted by Crippen LogP contribution is 2.24. The van der Waals surface area contributed by atoms with Crippen molar-refractivity contribution in [3.8, 4) is 0 Å². The molecule has 0 saturated heterocycles. The molecule has 0 unspecified atom stereocenters. The van der Waals surface area contributed by atoms with Crippen molar-refractivity contribution in [2.75, 3.05) is 6.54 Å². The Labute approximate surface area is 93.0 Å². The van der Waals surface area contributed by atoms with Crippen LogP contribution in [0.15, 0.2) is 22.8 Å². The van der Waals surface area contributed by atoms with E-state index in [0.29, 0.717) is 0 Å². The first-order valence-electron chi connectivity index (χ1n) is 4.92. The van der Waals surface area contributed by atoms with Gasteiger partial charge in [-0.25, -0.2) is 4.79 Å². The first-order chi connectivity index (χ1) is 7.45. The fraction of sp³-hybridized carbons (Fsp3) is 0.364. The van der Waals surface area contributed by atoms with Gasteiger partial charge in [0.1, 0.15) is 5.57 Å². The van der Waals surface area contributed by atoms with E-state index < -0.39 is 17.8 Å². The molecule has 86 valence electrons. The van der Waals surface area contributed by atoms with Gasteiger partial charge in [-0.1, -0.05) is 6.08 Å². The second-order valence-corrected chi connectivity index (χ2v) is 3.36. The summed E-state index contributed by atoms with van der Waals surface area (Å²) in [7, 11) is 0. The Kier molecular flexibility index (Phi) is 3.27. The molecule has 0 spiro atoms. The van der Waals surface area contributed by atoms with Crippen LogP contribution in [0, 0.1) is 0 Å². The van der Waals surface area contributed by atoms with Crippen molar-refractivity contribution in [2.45, 2.75) is 20.8 Å². The van der Waals surface area contributed by atoms with Gasteiger partial charge in [-0.15, -0.1) is 0 Å². The van der Waals surface area contributed by atoms with Crippen molar-refractivity contribution in [1.82, 2.24) is 4.90 Å². The number of carbonyl (C=O) groups excluding carboxylic acids is 2. The van der Waals surface area contributed by atoms with E-state index in [1.165, 1.54) is 13.0 Å². The largest absolute Gasteiger partial charge is 0.477 e. The Hall–Kier alpha value is -1.91. The lowest BCUT2D eigenvalue weighted by molar-refractivity contribution is -0.143. The third-order valence-corrected chi connectivity index (χ3v) is 2.53. The minimum atomic E-state index is -1.30. The summed E-state index contributed by atoms with van der Waals surface area (Å²) in [5, 5.41) is 8.95. The van der Waals surface area contributed by atoms with E-state index in [-0.39, 0.29) is 23.3 Å². The molecule has 1 aliphatic heterocycles. The van der Waals surface area contributed by atoms with E-state index in [4.69, 9.17) is 5.11 Å². The Bertz CT molecular complexity index is 431. The van der Waals surface area contributed by atoms with Crippen molar-refractivity contribution in [3.05, 3.63) is 22.8 Å². The number of imide groups is 1. The summed E-state index contributed by atoms with van der Waals surface area (Å²) in [6.07, 6.45) is 1.52. The number of hydrogen-bond donors (Lipinski definition) is 1. The van der Waals surface area contributed by atoms with Gasteiger partial charge in [-0.05, 0) is 26.3 Å². The lowest BCUT2D eigenvalue weighted by Gasteiger charge is -2.26. The van der Waals surface area contributed by atoms with E-state index in [1.54, 1.807) is 13.8 Å². The van der Waals surface area contributed by atoms with Crippen LogP contribution in [0.2, 0.25) is 0 Å². The second-order valence-electron chi connectivity index (χ2n) is 3.36. The number of amides is 2. The Morgan fingerprint density at radius 1 is 1.38 bits per heavy atom. The lowest BCUT2D eigenvalue weighted by Crippen LogP contribution is -2.44. The van der Waals surface area contributed by atoms with Gasteiger partial charge in [0, 0.05) is 12.1 Å². The molecule has 5 heteroatoms. The van der Waals surface area contributed by atoms with E-state index in [9.17, 15) is 14.4 Å². The fourth-order valence-corrected chi connectivity index (χ4v) is 1.71. The van der Waals surface area contributed by atoms with Gasteiger partial charge in [0.25, 0.3) is 11.8 Å². The van der Waals surface area contributed by atoms with Crippen molar-refractivity contribution in [2.24, 2.45) is 0 Å². The van der Waals surface area contributed by atoms with Gasteiger partial charge in [0.15, 0.2) is 0 Å². The lowest BCUT2D eigenvalue weighted by atomic mass is 9.94. The summed E-state index contributed by atoms with van der Waals surface area (Å²) in [4.78, 5) is 35.4. The highest BCUT2D eigenvalue weighted by molar-refractivity contribution is 6.26. The van der Waals surface area contributed by atoms with Crippen LogP contribution in [0.25, 0.3) is 0 Å². The molecule has 0 aromatic rings. The molecule has 0 radical (unpaired) electrons. The van der Waals surface area contributed by atoms with Crippen LogP contribution in [0.3, 0.4) is 0 Å². The van der Waals surface area contributed by atoms with Gasteiger partial charge >= 0.3 is 5.97 Å². The van der Waals surface area contributed by atoms with Gasteiger partial charge in [0.05, 0.1) is 0 Å². The minimum Gasteiger partial charge on any atom is -0.477 e. The summed E-state index contributed by atoms with van der Waals surface area (Å²) >= 11 is 0. The number of allylic oxidation sites excluding steroid dienone is 1. The molecule has 0 fully saturated rings. The predicted octanol–water partition coefficient (Wildman–Crippen LogP) is 0.723. The van der Waals surface area contributed by atoms with E-state index in [2.05, 4.69) is 0 Å². The third-order valence-electron chi connectivity index (χ3n) is 2.53. The summed E-state index contributed by atoms with van der Waals surface area (Å²) in [5.74, 6) is -2.46. The van der Waals surface area contributed by atoms with E-state index in [1.807, 2.05) is 0 Å². The standard InChI is InChI=1S/C11H13NO4/c1-4-7-6(3)8(11(15)16)10(14)12(5-2)9(7)13/h4H,5H2,1-3H3,(H,15,16). The second kappa shape index (κ2) is 4.30. The zero-order valence-electron chi connectivity index (χ0n) is 9.40. The topological polar surface area (TPSA) is 74.7 Å². The summed E-state index contributed by atoms with van der Waals surface area (Å²) in [6, 6.07) is 0. The zero-order valence-corrected chi connectivity index (χ0v) is 9.40. The molecular weight excluding hydrogens is 210 g/mol. The van der Waals surface area contributed by atoms with E-state index in [0.717, 1.165) is 4.90 Å². The fourth-order valence-electron chi connectivity index (χ4n) is 1.71. The molecule has 1 rings (SSSR count). The number of carboxylic acid groups (broad SMARTS) is 1. The van der Waals surface area contributed by atoms with Crippen molar-refractivity contribution < 1.29 is 19.5 Å². The average Bonchev–Trinajstić information content (AvgIpc) is 2.18. The van der Waals surface area contributed by atoms with Gasteiger partial charge in [-0.2, -0.15) is 0 Å². The molecule has 0 aromatic heterocycles. The quantitative estimate of drug-likeness (QED) is 0.425. The molecule has 0 aliphatic carbocycles. The molecule has 0 saturated carbocycles. The van der Waals surface area contributed by atoms with Crippen molar-refractivity contribution in [3.63, 3.8) is 0 Å². The number of nitrogens with zero attached hydrogens (tertiary/aromatic N) is 1. The van der Waals surface area contributed by atoms with Crippen LogP contribution in [-0.2, 0) is 14.4 Å². The van der Waals surface area contributed by atoms with Crippen molar-refractivity contribution in [1.29, 1.82) is 0 Å².